The Bertz CT molecular complexity index is 1460. The zero-order valence-electron chi connectivity index (χ0n) is 21.0. The van der Waals surface area contributed by atoms with E-state index in [1.54, 1.807) is 0 Å². The molecule has 0 radical (unpaired) electrons. The number of aromatic hydroxyl groups is 3. The number of hydrogen-bond donors (Lipinski definition) is 9. The zero-order valence-corrected chi connectivity index (χ0v) is 21.0. The molecule has 0 spiro atoms. The third-order valence-electron chi connectivity index (χ3n) is 6.87. The number of ether oxygens (including phenoxy) is 4. The van der Waals surface area contributed by atoms with Crippen LogP contribution in [0.3, 0.4) is 0 Å². The fourth-order valence-corrected chi connectivity index (χ4v) is 4.61. The molecule has 15 heteroatoms. The zero-order chi connectivity index (χ0) is 29.6. The lowest BCUT2D eigenvalue weighted by molar-refractivity contribution is -0.344. The second-order valence-corrected chi connectivity index (χ2v) is 9.67. The minimum atomic E-state index is -1.77. The van der Waals surface area contributed by atoms with Crippen LogP contribution < -0.4 is 10.2 Å². The van der Waals surface area contributed by atoms with Crippen molar-refractivity contribution >= 4 is 11.0 Å². The van der Waals surface area contributed by atoms with Gasteiger partial charge in [0.2, 0.25) is 6.29 Å². The fraction of sp³-hybridized carbons (Fsp3) is 0.423. The molecule has 5 rings (SSSR count). The molecule has 2 fully saturated rings. The Hall–Kier alpha value is -3.51. The van der Waals surface area contributed by atoms with Gasteiger partial charge in [0.15, 0.2) is 29.3 Å². The molecule has 41 heavy (non-hydrogen) atoms. The van der Waals surface area contributed by atoms with Crippen molar-refractivity contribution in [1.82, 2.24) is 0 Å². The van der Waals surface area contributed by atoms with E-state index in [-0.39, 0.29) is 33.8 Å². The van der Waals surface area contributed by atoms with Gasteiger partial charge >= 0.3 is 0 Å². The van der Waals surface area contributed by atoms with Crippen molar-refractivity contribution < 1.29 is 69.3 Å². The number of aliphatic hydroxyl groups excluding tert-OH is 6. The van der Waals surface area contributed by atoms with Gasteiger partial charge in [0, 0.05) is 23.8 Å². The van der Waals surface area contributed by atoms with Crippen molar-refractivity contribution in [3.63, 3.8) is 0 Å². The standard InChI is InChI=1S/C26H28O15/c27-7-18-21(34)22(35)24(41-25-23(36)20(33)15(32)8-37-25)26(40-18)38-10-4-13(30)19-14(31)6-16(39-17(19)5-10)9-1-2-11(28)12(29)3-9/h1-6,15,18,20-30,32-36H,7-8H2/t15-,18?,20+,21-,22+,23?,24?,25+,26-/m1/s1. The lowest BCUT2D eigenvalue weighted by Gasteiger charge is -2.44. The summed E-state index contributed by atoms with van der Waals surface area (Å²) in [4.78, 5) is 12.8. The molecule has 2 aromatic carbocycles. The van der Waals surface area contributed by atoms with Gasteiger partial charge in [-0.1, -0.05) is 0 Å². The normalized spacial score (nSPS) is 32.2. The van der Waals surface area contributed by atoms with Crippen LogP contribution in [0.2, 0.25) is 0 Å². The minimum Gasteiger partial charge on any atom is -0.507 e. The van der Waals surface area contributed by atoms with Crippen molar-refractivity contribution in [3.05, 3.63) is 46.6 Å². The molecular weight excluding hydrogens is 552 g/mol. The molecule has 3 aromatic rings. The highest BCUT2D eigenvalue weighted by atomic mass is 16.8. The summed E-state index contributed by atoms with van der Waals surface area (Å²) < 4.78 is 27.9. The van der Waals surface area contributed by atoms with E-state index < -0.39 is 85.4 Å². The summed E-state index contributed by atoms with van der Waals surface area (Å²) in [5.41, 5.74) is -0.572. The smallest absolute Gasteiger partial charge is 0.229 e. The van der Waals surface area contributed by atoms with Crippen molar-refractivity contribution in [2.45, 2.75) is 55.3 Å². The lowest BCUT2D eigenvalue weighted by atomic mass is 9.98. The van der Waals surface area contributed by atoms with Gasteiger partial charge in [-0.2, -0.15) is 0 Å². The summed E-state index contributed by atoms with van der Waals surface area (Å²) in [5, 5.41) is 90.5. The first-order chi connectivity index (χ1) is 19.5. The van der Waals surface area contributed by atoms with E-state index >= 15 is 0 Å². The van der Waals surface area contributed by atoms with Gasteiger partial charge in [-0.05, 0) is 18.2 Å². The van der Waals surface area contributed by atoms with Crippen LogP contribution in [0.1, 0.15) is 0 Å². The Labute approximate surface area is 230 Å². The number of rotatable bonds is 6. The van der Waals surface area contributed by atoms with Crippen molar-refractivity contribution in [2.75, 3.05) is 13.2 Å². The minimum absolute atomic E-state index is 0.0208. The molecule has 9 atom stereocenters. The van der Waals surface area contributed by atoms with Crippen LogP contribution in [0, 0.1) is 0 Å². The van der Waals surface area contributed by atoms with Crippen LogP contribution in [0.15, 0.2) is 45.6 Å². The number of phenolic OH excluding ortho intramolecular Hbond substituents is 3. The monoisotopic (exact) mass is 580 g/mol. The number of benzene rings is 2. The Balaban J connectivity index is 1.48. The van der Waals surface area contributed by atoms with Crippen LogP contribution in [0.4, 0.5) is 0 Å². The van der Waals surface area contributed by atoms with Gasteiger partial charge in [-0.15, -0.1) is 0 Å². The van der Waals surface area contributed by atoms with Gasteiger partial charge in [0.1, 0.15) is 64.9 Å². The van der Waals surface area contributed by atoms with Gasteiger partial charge in [-0.3, -0.25) is 4.79 Å². The topological polar surface area (TPSA) is 249 Å². The second-order valence-electron chi connectivity index (χ2n) is 9.67. The van der Waals surface area contributed by atoms with Crippen molar-refractivity contribution in [1.29, 1.82) is 0 Å². The van der Waals surface area contributed by atoms with E-state index in [9.17, 15) is 50.8 Å². The maximum absolute atomic E-state index is 12.8. The number of phenols is 3. The Morgan fingerprint density at radius 2 is 1.59 bits per heavy atom. The highest BCUT2D eigenvalue weighted by Crippen LogP contribution is 2.36. The summed E-state index contributed by atoms with van der Waals surface area (Å²) in [6.07, 6.45) is -14.4. The Morgan fingerprint density at radius 3 is 2.29 bits per heavy atom. The van der Waals surface area contributed by atoms with E-state index in [4.69, 9.17) is 23.4 Å². The first kappa shape index (κ1) is 29.0. The third-order valence-corrected chi connectivity index (χ3v) is 6.87. The largest absolute Gasteiger partial charge is 0.507 e. The SMILES string of the molecule is O=c1cc(-c2ccc(O)c(O)c2)oc2cc(O[C@@H]3OC(CO)[C@@H](O)[C@H](O)C3O[C@@H]3OC[C@@H](O)[C@H](O)C3O)cc(O)c12. The third kappa shape index (κ3) is 5.54. The number of fused-ring (bicyclic) bond motifs is 1. The molecule has 0 aliphatic carbocycles. The molecule has 0 bridgehead atoms. The second kappa shape index (κ2) is 11.4. The Kier molecular flexibility index (Phi) is 8.06. The molecule has 1 aromatic heterocycles. The first-order valence-corrected chi connectivity index (χ1v) is 12.4. The molecule has 3 unspecified atom stereocenters. The highest BCUT2D eigenvalue weighted by Gasteiger charge is 2.50. The van der Waals surface area contributed by atoms with Gasteiger partial charge in [-0.25, -0.2) is 0 Å². The van der Waals surface area contributed by atoms with Crippen LogP contribution >= 0.6 is 0 Å². The summed E-state index contributed by atoms with van der Waals surface area (Å²) in [7, 11) is 0. The number of aliphatic hydroxyl groups is 6. The maximum Gasteiger partial charge on any atom is 0.229 e. The van der Waals surface area contributed by atoms with Gasteiger partial charge in [0.05, 0.1) is 13.2 Å². The summed E-state index contributed by atoms with van der Waals surface area (Å²) in [6, 6.07) is 7.07. The maximum atomic E-state index is 12.8. The summed E-state index contributed by atoms with van der Waals surface area (Å²) in [6.45, 7) is -1.16. The highest BCUT2D eigenvalue weighted by molar-refractivity contribution is 5.86. The molecule has 9 N–H and O–H groups in total. The number of hydrogen-bond acceptors (Lipinski definition) is 15. The quantitative estimate of drug-likeness (QED) is 0.146. The van der Waals surface area contributed by atoms with Gasteiger partial charge in [0.25, 0.3) is 0 Å². The first-order valence-electron chi connectivity index (χ1n) is 12.4. The predicted octanol–water partition coefficient (Wildman–Crippen LogP) is -1.78. The van der Waals surface area contributed by atoms with Crippen molar-refractivity contribution in [2.24, 2.45) is 0 Å². The van der Waals surface area contributed by atoms with E-state index in [0.29, 0.717) is 0 Å². The van der Waals surface area contributed by atoms with Crippen LogP contribution in [0.25, 0.3) is 22.3 Å². The Morgan fingerprint density at radius 1 is 0.829 bits per heavy atom. The molecule has 15 nitrogen and oxygen atoms in total. The van der Waals surface area contributed by atoms with Crippen LogP contribution in [-0.4, -0.2) is 114 Å². The summed E-state index contributed by atoms with van der Waals surface area (Å²) >= 11 is 0. The molecular formula is C26H28O15. The average Bonchev–Trinajstić information content (AvgIpc) is 2.93. The molecule has 2 aliphatic heterocycles. The molecule has 3 heterocycles. The molecule has 2 saturated heterocycles. The molecule has 2 aliphatic rings. The fourth-order valence-electron chi connectivity index (χ4n) is 4.61. The average molecular weight is 580 g/mol. The van der Waals surface area contributed by atoms with Crippen molar-refractivity contribution in [3.8, 4) is 34.3 Å². The molecule has 0 saturated carbocycles. The van der Waals surface area contributed by atoms with Crippen LogP contribution in [0.5, 0.6) is 23.0 Å². The van der Waals surface area contributed by atoms with E-state index in [1.165, 1.54) is 18.2 Å². The van der Waals surface area contributed by atoms with Crippen LogP contribution in [-0.2, 0) is 14.2 Å². The summed E-state index contributed by atoms with van der Waals surface area (Å²) in [5.74, 6) is -1.60. The molecule has 222 valence electrons. The van der Waals surface area contributed by atoms with E-state index in [1.807, 2.05) is 0 Å². The lowest BCUT2D eigenvalue weighted by Crippen LogP contribution is -2.63. The predicted molar refractivity (Wildman–Crippen MR) is 134 cm³/mol. The molecule has 0 amide bonds. The van der Waals surface area contributed by atoms with E-state index in [0.717, 1.165) is 18.2 Å². The van der Waals surface area contributed by atoms with Gasteiger partial charge < -0.3 is 69.3 Å². The van der Waals surface area contributed by atoms with E-state index in [2.05, 4.69) is 0 Å².